The average Bonchev–Trinajstić information content (AvgIpc) is 3.80. The molecule has 0 aliphatic carbocycles. The number of nitrogens with one attached hydrogen (secondary N) is 1. The number of aromatic nitrogens is 3. The Balaban J connectivity index is 1.19. The molecule has 3 unspecified atom stereocenters. The van der Waals surface area contributed by atoms with Crippen LogP contribution >= 0.6 is 19.3 Å². The Labute approximate surface area is 335 Å². The molecular weight excluding hydrogens is 812 g/mol. The number of aromatic hydroxyl groups is 1. The van der Waals surface area contributed by atoms with Gasteiger partial charge in [-0.15, -0.1) is 0 Å². The van der Waals surface area contributed by atoms with Crippen LogP contribution in [0.4, 0.5) is 27.8 Å². The van der Waals surface area contributed by atoms with Crippen molar-refractivity contribution in [3.8, 4) is 28.8 Å². The highest BCUT2D eigenvalue weighted by Crippen LogP contribution is 2.56. The first-order valence-corrected chi connectivity index (χ1v) is 20.8. The molecule has 0 amide bonds. The van der Waals surface area contributed by atoms with Crippen LogP contribution in [0.5, 0.6) is 17.5 Å². The molecule has 4 aliphatic rings. The number of pyridine rings is 1. The minimum atomic E-state index is -5.04. The number of phenolic OH excluding ortho intramolecular Hbond substituents is 1. The molecule has 0 radical (unpaired) electrons. The maximum atomic E-state index is 16.8. The lowest BCUT2D eigenvalue weighted by atomic mass is 9.95. The van der Waals surface area contributed by atoms with Crippen molar-refractivity contribution >= 4 is 42.0 Å². The number of ether oxygens (including phenoxy) is 2. The normalized spacial score (nSPS) is 25.1. The number of benzene rings is 2. The Kier molecular flexibility index (Phi) is 10.7. The number of esters is 1. The molecule has 4 aromatic rings. The minimum Gasteiger partial charge on any atom is -0.508 e. The second kappa shape index (κ2) is 15.4. The third-order valence-corrected chi connectivity index (χ3v) is 14.2. The van der Waals surface area contributed by atoms with Gasteiger partial charge >= 0.3 is 25.8 Å². The maximum absolute atomic E-state index is 16.8. The molecule has 20 heteroatoms. The molecule has 13 nitrogen and oxygen atoms in total. The monoisotopic (exact) mass is 851 g/mol. The molecule has 58 heavy (non-hydrogen) atoms. The number of carbonyl (C=O) groups is 1. The largest absolute Gasteiger partial charge is 0.508 e. The van der Waals surface area contributed by atoms with Crippen molar-refractivity contribution in [1.29, 1.82) is 0 Å². The SMILES string of the molecule is COC(=O)[C@H](C)NP(=O)(Oc1ccccc1)N1C2CCC1CN(c1nc(OC[C@@]34CCCN3C[C@H](F)C4)nc3c(F)c(-c4cc(O)cc(Cl)c4C(F)(F)F)ncc13)C2. The van der Waals surface area contributed by atoms with Crippen molar-refractivity contribution < 1.29 is 50.4 Å². The van der Waals surface area contributed by atoms with Gasteiger partial charge in [0.15, 0.2) is 5.82 Å². The first-order chi connectivity index (χ1) is 27.6. The van der Waals surface area contributed by atoms with Gasteiger partial charge in [-0.1, -0.05) is 29.8 Å². The number of hydrogen-bond donors (Lipinski definition) is 2. The highest BCUT2D eigenvalue weighted by atomic mass is 35.5. The highest BCUT2D eigenvalue weighted by molar-refractivity contribution is 7.54. The predicted molar refractivity (Wildman–Crippen MR) is 203 cm³/mol. The molecule has 4 fully saturated rings. The molecule has 2 bridgehead atoms. The third-order valence-electron chi connectivity index (χ3n) is 11.4. The lowest BCUT2D eigenvalue weighted by molar-refractivity contribution is -0.142. The molecule has 4 aliphatic heterocycles. The standard InChI is InChI=1S/C38H40ClF5N7O6P/c1-21(35(53)55-2)48-58(54,57-26-7-4-3-5-8-26)51-23-9-10-24(51)19-49(18-23)34-28-16-45-32(27-13-25(52)14-29(39)30(27)38(42,43)44)31(41)33(28)46-36(47-34)56-20-37-11-6-12-50(37)17-22(40)15-37/h3-5,7-8,13-14,16,21-24,52H,6,9-12,15,17-20H2,1-2H3,(H,48,54)/t21-,22+,23?,24?,37-,58?/m0/s1. The van der Waals surface area contributed by atoms with E-state index in [1.54, 1.807) is 35.0 Å². The Morgan fingerprint density at radius 3 is 2.55 bits per heavy atom. The number of fused-ring (bicyclic) bond motifs is 4. The zero-order valence-corrected chi connectivity index (χ0v) is 33.0. The summed E-state index contributed by atoms with van der Waals surface area (Å²) >= 11 is 5.95. The van der Waals surface area contributed by atoms with E-state index in [-0.39, 0.29) is 49.9 Å². The number of nitrogens with zero attached hydrogens (tertiary/aromatic N) is 6. The van der Waals surface area contributed by atoms with Crippen molar-refractivity contribution in [2.75, 3.05) is 44.8 Å². The number of para-hydroxylation sites is 1. The summed E-state index contributed by atoms with van der Waals surface area (Å²) in [6.45, 7) is 2.78. The minimum absolute atomic E-state index is 0.0125. The van der Waals surface area contributed by atoms with E-state index in [9.17, 15) is 32.0 Å². The molecule has 6 atom stereocenters. The number of carbonyl (C=O) groups excluding carboxylic acids is 1. The number of hydrogen-bond acceptors (Lipinski definition) is 11. The molecule has 0 saturated carbocycles. The van der Waals surface area contributed by atoms with Crippen molar-refractivity contribution in [2.45, 2.75) is 75.0 Å². The van der Waals surface area contributed by atoms with Crippen molar-refractivity contribution in [3.05, 3.63) is 65.1 Å². The molecule has 2 aromatic carbocycles. The van der Waals surface area contributed by atoms with E-state index >= 15 is 4.39 Å². The van der Waals surface area contributed by atoms with Crippen LogP contribution in [0.15, 0.2) is 48.7 Å². The van der Waals surface area contributed by atoms with E-state index in [0.717, 1.165) is 18.7 Å². The van der Waals surface area contributed by atoms with Crippen LogP contribution in [0.1, 0.15) is 44.6 Å². The van der Waals surface area contributed by atoms with E-state index < -0.39 is 88.6 Å². The number of halogens is 6. The van der Waals surface area contributed by atoms with Gasteiger partial charge in [-0.25, -0.2) is 18.4 Å². The number of methoxy groups -OCH3 is 1. The van der Waals surface area contributed by atoms with Crippen molar-refractivity contribution in [1.82, 2.24) is 29.6 Å². The van der Waals surface area contributed by atoms with Gasteiger partial charge in [0.05, 0.1) is 28.6 Å². The number of alkyl halides is 4. The van der Waals surface area contributed by atoms with Crippen molar-refractivity contribution in [3.63, 3.8) is 0 Å². The number of phenols is 1. The Bertz CT molecular complexity index is 2270. The van der Waals surface area contributed by atoms with Gasteiger partial charge in [-0.2, -0.15) is 27.8 Å². The van der Waals surface area contributed by atoms with Crippen LogP contribution in [0.2, 0.25) is 5.02 Å². The number of rotatable bonds is 11. The van der Waals surface area contributed by atoms with Gasteiger partial charge < -0.3 is 24.0 Å². The van der Waals surface area contributed by atoms with Gasteiger partial charge in [-0.05, 0) is 63.4 Å². The fraction of sp³-hybridized carbons (Fsp3) is 0.474. The second-order valence-corrected chi connectivity index (χ2v) is 17.5. The van der Waals surface area contributed by atoms with E-state index in [1.807, 2.05) is 9.80 Å². The van der Waals surface area contributed by atoms with E-state index in [2.05, 4.69) is 15.1 Å². The smallest absolute Gasteiger partial charge is 0.418 e. The second-order valence-electron chi connectivity index (χ2n) is 15.2. The first-order valence-electron chi connectivity index (χ1n) is 18.8. The topological polar surface area (TPSA) is 142 Å². The summed E-state index contributed by atoms with van der Waals surface area (Å²) in [5.41, 5.74) is -3.99. The van der Waals surface area contributed by atoms with Crippen LogP contribution in [-0.4, -0.2) is 105 Å². The van der Waals surface area contributed by atoms with Gasteiger partial charge in [0, 0.05) is 49.9 Å². The van der Waals surface area contributed by atoms with Crippen molar-refractivity contribution in [2.24, 2.45) is 0 Å². The van der Waals surface area contributed by atoms with Crippen LogP contribution in [0.3, 0.4) is 0 Å². The van der Waals surface area contributed by atoms with Gasteiger partial charge in [-0.3, -0.25) is 14.7 Å². The first kappa shape index (κ1) is 40.4. The van der Waals surface area contributed by atoms with Crippen LogP contribution in [0, 0.1) is 5.82 Å². The molecule has 8 rings (SSSR count). The van der Waals surface area contributed by atoms with Crippen LogP contribution in [0.25, 0.3) is 22.2 Å². The van der Waals surface area contributed by atoms with E-state index in [4.69, 9.17) is 30.6 Å². The van der Waals surface area contributed by atoms with Crippen LogP contribution < -0.4 is 19.2 Å². The van der Waals surface area contributed by atoms with E-state index in [0.29, 0.717) is 37.6 Å². The molecule has 0 spiro atoms. The fourth-order valence-corrected chi connectivity index (χ4v) is 11.8. The summed E-state index contributed by atoms with van der Waals surface area (Å²) in [5.74, 6) is -2.06. The summed E-state index contributed by atoms with van der Waals surface area (Å²) in [4.78, 5) is 29.6. The molecule has 2 N–H and O–H groups in total. The molecule has 310 valence electrons. The summed E-state index contributed by atoms with van der Waals surface area (Å²) in [7, 11) is -2.79. The summed E-state index contributed by atoms with van der Waals surface area (Å²) in [6.07, 6.45) is -2.10. The zero-order valence-electron chi connectivity index (χ0n) is 31.4. The molecular formula is C38H40ClF5N7O6P. The third kappa shape index (κ3) is 7.42. The zero-order chi connectivity index (χ0) is 41.1. The summed E-state index contributed by atoms with van der Waals surface area (Å²) in [5, 5.41) is 12.3. The predicted octanol–water partition coefficient (Wildman–Crippen LogP) is 7.16. The quantitative estimate of drug-likeness (QED) is 0.0897. The van der Waals surface area contributed by atoms with Gasteiger partial charge in [0.2, 0.25) is 0 Å². The van der Waals surface area contributed by atoms with Crippen LogP contribution in [-0.2, 0) is 20.3 Å². The van der Waals surface area contributed by atoms with E-state index in [1.165, 1.54) is 14.0 Å². The molecule has 4 saturated heterocycles. The fourth-order valence-electron chi connectivity index (χ4n) is 8.95. The Morgan fingerprint density at radius 2 is 1.86 bits per heavy atom. The Hall–Kier alpha value is -4.35. The number of piperazine rings is 1. The summed E-state index contributed by atoms with van der Waals surface area (Å²) < 4.78 is 108. The van der Waals surface area contributed by atoms with Gasteiger partial charge in [0.25, 0.3) is 0 Å². The van der Waals surface area contributed by atoms with Gasteiger partial charge in [0.1, 0.15) is 47.3 Å². The average molecular weight is 852 g/mol. The molecule has 2 aromatic heterocycles. The number of anilines is 1. The lowest BCUT2D eigenvalue weighted by Gasteiger charge is -2.44. The molecule has 6 heterocycles. The lowest BCUT2D eigenvalue weighted by Crippen LogP contribution is -2.55. The Morgan fingerprint density at radius 1 is 1.14 bits per heavy atom. The maximum Gasteiger partial charge on any atom is 0.418 e. The summed E-state index contributed by atoms with van der Waals surface area (Å²) in [6, 6.07) is 7.75. The highest BCUT2D eigenvalue weighted by Gasteiger charge is 2.53.